The summed E-state index contributed by atoms with van der Waals surface area (Å²) in [5.41, 5.74) is 1.74. The zero-order valence-corrected chi connectivity index (χ0v) is 23.0. The zero-order valence-electron chi connectivity index (χ0n) is 23.0. The van der Waals surface area contributed by atoms with Gasteiger partial charge in [0.1, 0.15) is 34.5 Å². The third-order valence-corrected chi connectivity index (χ3v) is 6.03. The maximum Gasteiger partial charge on any atom is 0.124 e. The Hall–Kier alpha value is -4.57. The number of methoxy groups -OCH3 is 3. The molecule has 212 valence electrons. The van der Waals surface area contributed by atoms with Crippen LogP contribution in [0.3, 0.4) is 0 Å². The molecule has 3 aromatic carbocycles. The molecule has 0 aliphatic heterocycles. The number of hydrogen-bond donors (Lipinski definition) is 3. The highest BCUT2D eigenvalue weighted by molar-refractivity contribution is 5.85. The average Bonchev–Trinajstić information content (AvgIpc) is 2.97. The van der Waals surface area contributed by atoms with Gasteiger partial charge in [0.15, 0.2) is 0 Å². The molecule has 0 aliphatic rings. The highest BCUT2D eigenvalue weighted by Crippen LogP contribution is 2.23. The molecule has 3 N–H and O–H groups in total. The van der Waals surface area contributed by atoms with Crippen LogP contribution < -0.4 is 14.2 Å². The summed E-state index contributed by atoms with van der Waals surface area (Å²) >= 11 is 0. The lowest BCUT2D eigenvalue weighted by atomic mass is 10.2. The van der Waals surface area contributed by atoms with E-state index in [4.69, 9.17) is 14.2 Å². The molecule has 0 saturated heterocycles. The van der Waals surface area contributed by atoms with Crippen LogP contribution in [0.5, 0.6) is 34.5 Å². The largest absolute Gasteiger partial charge is 0.507 e. The highest BCUT2D eigenvalue weighted by Gasteiger charge is 2.06. The van der Waals surface area contributed by atoms with E-state index in [1.54, 1.807) is 94.6 Å². The molecule has 0 aromatic heterocycles. The molecule has 0 amide bonds. The van der Waals surface area contributed by atoms with Crippen molar-refractivity contribution in [2.24, 2.45) is 15.0 Å². The molecule has 0 spiro atoms. The van der Waals surface area contributed by atoms with Crippen molar-refractivity contribution in [1.29, 1.82) is 0 Å². The summed E-state index contributed by atoms with van der Waals surface area (Å²) < 4.78 is 15.6. The van der Waals surface area contributed by atoms with Gasteiger partial charge in [-0.3, -0.25) is 19.9 Å². The fourth-order valence-corrected chi connectivity index (χ4v) is 3.71. The van der Waals surface area contributed by atoms with Gasteiger partial charge in [0.25, 0.3) is 0 Å². The first-order valence-corrected chi connectivity index (χ1v) is 12.8. The Balaban J connectivity index is 1.61. The van der Waals surface area contributed by atoms with Crippen molar-refractivity contribution in [3.63, 3.8) is 0 Å². The van der Waals surface area contributed by atoms with Crippen LogP contribution in [-0.2, 0) is 0 Å². The molecule has 40 heavy (non-hydrogen) atoms. The normalized spacial score (nSPS) is 11.7. The summed E-state index contributed by atoms with van der Waals surface area (Å²) in [7, 11) is 4.71. The molecular formula is C30H36N4O6. The molecule has 10 nitrogen and oxygen atoms in total. The van der Waals surface area contributed by atoms with Crippen LogP contribution in [0.1, 0.15) is 16.7 Å². The van der Waals surface area contributed by atoms with Crippen LogP contribution >= 0.6 is 0 Å². The van der Waals surface area contributed by atoms with Gasteiger partial charge in [0.2, 0.25) is 0 Å². The summed E-state index contributed by atoms with van der Waals surface area (Å²) in [6, 6.07) is 14.9. The molecule has 0 fully saturated rings. The Kier molecular flexibility index (Phi) is 11.8. The van der Waals surface area contributed by atoms with Crippen molar-refractivity contribution in [2.45, 2.75) is 0 Å². The maximum atomic E-state index is 10.1. The molecule has 0 atom stereocenters. The number of rotatable bonds is 15. The minimum Gasteiger partial charge on any atom is -0.507 e. The molecule has 3 aromatic rings. The predicted molar refractivity (Wildman–Crippen MR) is 158 cm³/mol. The van der Waals surface area contributed by atoms with Gasteiger partial charge in [-0.2, -0.15) is 0 Å². The molecule has 0 saturated carbocycles. The molecule has 0 unspecified atom stereocenters. The summed E-state index contributed by atoms with van der Waals surface area (Å²) in [4.78, 5) is 15.6. The second-order valence-electron chi connectivity index (χ2n) is 8.72. The quantitative estimate of drug-likeness (QED) is 0.247. The Morgan fingerprint density at radius 1 is 0.550 bits per heavy atom. The first-order chi connectivity index (χ1) is 19.4. The molecule has 10 heteroatoms. The van der Waals surface area contributed by atoms with Gasteiger partial charge in [0.05, 0.1) is 41.0 Å². The number of ether oxygens (including phenoxy) is 3. The first-order valence-electron chi connectivity index (χ1n) is 12.8. The third-order valence-electron chi connectivity index (χ3n) is 6.03. The van der Waals surface area contributed by atoms with E-state index in [-0.39, 0.29) is 17.2 Å². The fourth-order valence-electron chi connectivity index (χ4n) is 3.71. The minimum atomic E-state index is 0.131. The van der Waals surface area contributed by atoms with Gasteiger partial charge < -0.3 is 29.5 Å². The lowest BCUT2D eigenvalue weighted by Gasteiger charge is -2.19. The van der Waals surface area contributed by atoms with Crippen LogP contribution in [0.2, 0.25) is 0 Å². The van der Waals surface area contributed by atoms with Gasteiger partial charge in [-0.15, -0.1) is 0 Å². The summed E-state index contributed by atoms with van der Waals surface area (Å²) in [5, 5.41) is 30.2. The van der Waals surface area contributed by atoms with Gasteiger partial charge in [-0.25, -0.2) is 0 Å². The Labute approximate surface area is 234 Å². The van der Waals surface area contributed by atoms with E-state index in [2.05, 4.69) is 19.9 Å². The topological polar surface area (TPSA) is 129 Å². The van der Waals surface area contributed by atoms with Crippen LogP contribution in [0.4, 0.5) is 0 Å². The van der Waals surface area contributed by atoms with Gasteiger partial charge in [-0.05, 0) is 54.6 Å². The lowest BCUT2D eigenvalue weighted by molar-refractivity contribution is 0.298. The second-order valence-corrected chi connectivity index (χ2v) is 8.72. The van der Waals surface area contributed by atoms with Gasteiger partial charge in [-0.1, -0.05) is 0 Å². The van der Waals surface area contributed by atoms with E-state index >= 15 is 0 Å². The van der Waals surface area contributed by atoms with Crippen molar-refractivity contribution in [1.82, 2.24) is 4.90 Å². The third kappa shape index (κ3) is 9.32. The number of aliphatic imine (C=N–C) groups is 3. The fraction of sp³-hybridized carbons (Fsp3) is 0.300. The lowest BCUT2D eigenvalue weighted by Crippen LogP contribution is -2.31. The molecule has 0 bridgehead atoms. The second kappa shape index (κ2) is 15.7. The molecule has 3 rings (SSSR count). The van der Waals surface area contributed by atoms with Crippen LogP contribution in [0.25, 0.3) is 0 Å². The van der Waals surface area contributed by atoms with Crippen LogP contribution in [-0.4, -0.2) is 99.5 Å². The number of phenolic OH excluding ortho intramolecular Hbond substituents is 3. The van der Waals surface area contributed by atoms with Crippen molar-refractivity contribution in [3.05, 3.63) is 71.3 Å². The first kappa shape index (κ1) is 30.0. The number of hydrogen-bond acceptors (Lipinski definition) is 10. The number of benzene rings is 3. The maximum absolute atomic E-state index is 10.1. The highest BCUT2D eigenvalue weighted by atomic mass is 16.5. The van der Waals surface area contributed by atoms with E-state index in [9.17, 15) is 15.3 Å². The Morgan fingerprint density at radius 3 is 1.12 bits per heavy atom. The smallest absolute Gasteiger partial charge is 0.124 e. The van der Waals surface area contributed by atoms with Crippen LogP contribution in [0, 0.1) is 0 Å². The molecule has 0 heterocycles. The molecule has 0 radical (unpaired) electrons. The zero-order chi connectivity index (χ0) is 28.7. The van der Waals surface area contributed by atoms with Crippen molar-refractivity contribution < 1.29 is 29.5 Å². The number of nitrogens with zero attached hydrogens (tertiary/aromatic N) is 4. The van der Waals surface area contributed by atoms with Crippen molar-refractivity contribution in [2.75, 3.05) is 60.6 Å². The average molecular weight is 549 g/mol. The van der Waals surface area contributed by atoms with E-state index in [1.807, 2.05) is 0 Å². The molecule has 0 aliphatic carbocycles. The summed E-state index contributed by atoms with van der Waals surface area (Å²) in [6.45, 7) is 3.41. The predicted octanol–water partition coefficient (Wildman–Crippen LogP) is 3.79. The summed E-state index contributed by atoms with van der Waals surface area (Å²) in [5.74, 6) is 2.31. The van der Waals surface area contributed by atoms with Crippen LogP contribution in [0.15, 0.2) is 69.6 Å². The van der Waals surface area contributed by atoms with Crippen molar-refractivity contribution in [3.8, 4) is 34.5 Å². The standard InChI is InChI=1S/C30H36N4O6/c1-38-25-4-7-28(35)22(16-25)19-31-10-13-34(14-11-32-20-23-17-26(39-2)5-8-29(23)36)15-12-33-21-24-18-27(40-3)6-9-30(24)37/h4-9,16-21,35-37H,10-15H2,1-3H3. The van der Waals surface area contributed by atoms with Crippen molar-refractivity contribution >= 4 is 18.6 Å². The van der Waals surface area contributed by atoms with Gasteiger partial charge in [0, 0.05) is 55.0 Å². The van der Waals surface area contributed by atoms with Gasteiger partial charge >= 0.3 is 0 Å². The number of phenols is 3. The Bertz CT molecular complexity index is 1170. The van der Waals surface area contributed by atoms with E-state index in [0.29, 0.717) is 73.2 Å². The van der Waals surface area contributed by atoms with E-state index in [1.165, 1.54) is 0 Å². The minimum absolute atomic E-state index is 0.131. The number of aromatic hydroxyl groups is 3. The SMILES string of the molecule is COc1ccc(O)c(C=NCCN(CCN=Cc2cc(OC)ccc2O)CCN=Cc2cc(OC)ccc2O)c1. The Morgan fingerprint density at radius 2 is 0.850 bits per heavy atom. The molecular weight excluding hydrogens is 512 g/mol. The summed E-state index contributed by atoms with van der Waals surface area (Å²) in [6.07, 6.45) is 4.89. The van der Waals surface area contributed by atoms with E-state index in [0.717, 1.165) is 0 Å². The monoisotopic (exact) mass is 548 g/mol. The van der Waals surface area contributed by atoms with E-state index < -0.39 is 0 Å².